The number of benzene rings is 1. The fraction of sp³-hybridized carbons (Fsp3) is 0.500. The molecule has 0 saturated carbocycles. The summed E-state index contributed by atoms with van der Waals surface area (Å²) in [7, 11) is 0. The highest BCUT2D eigenvalue weighted by atomic mass is 32.2. The van der Waals surface area contributed by atoms with E-state index < -0.39 is 23.3 Å². The fourth-order valence-electron chi connectivity index (χ4n) is 2.65. The van der Waals surface area contributed by atoms with E-state index in [-0.39, 0.29) is 29.6 Å². The quantitative estimate of drug-likeness (QED) is 0.348. The van der Waals surface area contributed by atoms with Crippen LogP contribution >= 0.6 is 11.8 Å². The van der Waals surface area contributed by atoms with Crippen LogP contribution in [0.25, 0.3) is 0 Å². The molecule has 0 aliphatic carbocycles. The standard InChI is InChI=1S/C18H23F2N5O2S/c1-18(2,3)27-17(26)25-7-5-24(6-8-25)15-13(19)9-12(10-14(15)20)23-16(28-4)22-11-21/h9-10H,5-8H2,1-4H3,(H,22,23). The number of piperazine rings is 1. The van der Waals surface area contributed by atoms with Crippen LogP contribution in [0.1, 0.15) is 20.8 Å². The van der Waals surface area contributed by atoms with Gasteiger partial charge in [-0.1, -0.05) is 11.8 Å². The molecule has 1 fully saturated rings. The molecule has 0 aromatic heterocycles. The molecule has 1 aliphatic heterocycles. The van der Waals surface area contributed by atoms with Crippen LogP contribution in [-0.2, 0) is 4.74 Å². The number of carbonyl (C=O) groups is 1. The molecule has 0 atom stereocenters. The van der Waals surface area contributed by atoms with Crippen LogP contribution in [0.5, 0.6) is 0 Å². The van der Waals surface area contributed by atoms with Crippen LogP contribution in [0.15, 0.2) is 17.1 Å². The Morgan fingerprint density at radius 2 is 1.82 bits per heavy atom. The van der Waals surface area contributed by atoms with E-state index in [0.717, 1.165) is 23.9 Å². The molecule has 2 rings (SSSR count). The third-order valence-corrected chi connectivity index (χ3v) is 4.42. The van der Waals surface area contributed by atoms with Gasteiger partial charge in [0.2, 0.25) is 0 Å². The molecule has 0 bridgehead atoms. The van der Waals surface area contributed by atoms with Crippen LogP contribution in [0.2, 0.25) is 0 Å². The van der Waals surface area contributed by atoms with Gasteiger partial charge in [-0.2, -0.15) is 5.26 Å². The molecule has 7 nitrogen and oxygen atoms in total. The molecule has 152 valence electrons. The lowest BCUT2D eigenvalue weighted by Gasteiger charge is -2.36. The summed E-state index contributed by atoms with van der Waals surface area (Å²) in [6.07, 6.45) is 2.97. The van der Waals surface area contributed by atoms with Crippen molar-refractivity contribution in [1.29, 1.82) is 5.26 Å². The van der Waals surface area contributed by atoms with Gasteiger partial charge in [0.05, 0.1) is 5.69 Å². The topological polar surface area (TPSA) is 81.0 Å². The predicted molar refractivity (Wildman–Crippen MR) is 106 cm³/mol. The van der Waals surface area contributed by atoms with Crippen molar-refractivity contribution in [2.45, 2.75) is 26.4 Å². The maximum atomic E-state index is 14.6. The van der Waals surface area contributed by atoms with E-state index in [1.165, 1.54) is 4.90 Å². The van der Waals surface area contributed by atoms with Gasteiger partial charge in [-0.15, -0.1) is 0 Å². The second kappa shape index (κ2) is 9.10. The second-order valence-corrected chi connectivity index (χ2v) is 7.87. The highest BCUT2D eigenvalue weighted by Gasteiger charge is 2.28. The summed E-state index contributed by atoms with van der Waals surface area (Å²) in [5, 5.41) is 11.2. The van der Waals surface area contributed by atoms with Crippen molar-refractivity contribution in [1.82, 2.24) is 10.2 Å². The Labute approximate surface area is 167 Å². The summed E-state index contributed by atoms with van der Waals surface area (Å²) >= 11 is 1.15. The lowest BCUT2D eigenvalue weighted by molar-refractivity contribution is 0.0240. The molecule has 1 heterocycles. The Bertz CT molecular complexity index is 773. The highest BCUT2D eigenvalue weighted by molar-refractivity contribution is 8.13. The van der Waals surface area contributed by atoms with Gasteiger partial charge in [-0.3, -0.25) is 5.32 Å². The lowest BCUT2D eigenvalue weighted by Crippen LogP contribution is -2.50. The maximum absolute atomic E-state index is 14.6. The van der Waals surface area contributed by atoms with E-state index >= 15 is 0 Å². The summed E-state index contributed by atoms with van der Waals surface area (Å²) < 4.78 is 34.5. The lowest BCUT2D eigenvalue weighted by atomic mass is 10.2. The minimum absolute atomic E-state index is 0.0678. The third-order valence-electron chi connectivity index (χ3n) is 3.84. The van der Waals surface area contributed by atoms with E-state index in [1.54, 1.807) is 38.1 Å². The van der Waals surface area contributed by atoms with Gasteiger partial charge in [0, 0.05) is 38.3 Å². The number of nitrogens with one attached hydrogen (secondary N) is 1. The Morgan fingerprint density at radius 3 is 2.29 bits per heavy atom. The number of amides is 1. The van der Waals surface area contributed by atoms with Gasteiger partial charge in [0.1, 0.15) is 11.3 Å². The van der Waals surface area contributed by atoms with E-state index in [1.807, 2.05) is 0 Å². The van der Waals surface area contributed by atoms with Crippen molar-refractivity contribution in [3.05, 3.63) is 23.8 Å². The predicted octanol–water partition coefficient (Wildman–Crippen LogP) is 3.44. The van der Waals surface area contributed by atoms with Crippen LogP contribution < -0.4 is 10.2 Å². The van der Waals surface area contributed by atoms with Crippen LogP contribution in [0.3, 0.4) is 0 Å². The molecule has 10 heteroatoms. The first-order chi connectivity index (χ1) is 13.1. The Kier molecular flexibility index (Phi) is 7.07. The molecular formula is C18H23F2N5O2S. The number of nitrogens with zero attached hydrogens (tertiary/aromatic N) is 4. The number of aliphatic imine (C=N–C) groups is 1. The van der Waals surface area contributed by atoms with Crippen molar-refractivity contribution >= 4 is 34.4 Å². The number of nitriles is 1. The average molecular weight is 411 g/mol. The number of thioether (sulfide) groups is 1. The van der Waals surface area contributed by atoms with Crippen LogP contribution in [0, 0.1) is 23.1 Å². The van der Waals surface area contributed by atoms with E-state index in [4.69, 9.17) is 10.00 Å². The van der Waals surface area contributed by atoms with Gasteiger partial charge < -0.3 is 14.5 Å². The molecule has 0 unspecified atom stereocenters. The zero-order chi connectivity index (χ0) is 20.9. The summed E-state index contributed by atoms with van der Waals surface area (Å²) in [4.78, 5) is 19.2. The van der Waals surface area contributed by atoms with Gasteiger partial charge >= 0.3 is 6.09 Å². The largest absolute Gasteiger partial charge is 0.444 e. The van der Waals surface area contributed by atoms with Gasteiger partial charge in [-0.25, -0.2) is 18.6 Å². The number of rotatable bonds is 2. The Balaban J connectivity index is 2.11. The molecule has 0 radical (unpaired) electrons. The first kappa shape index (κ1) is 21.8. The van der Waals surface area contributed by atoms with Crippen molar-refractivity contribution in [3.8, 4) is 6.19 Å². The molecular weight excluding hydrogens is 388 g/mol. The van der Waals surface area contributed by atoms with Gasteiger partial charge in [0.25, 0.3) is 0 Å². The zero-order valence-electron chi connectivity index (χ0n) is 16.3. The Hall–Kier alpha value is -2.54. The molecule has 0 spiro atoms. The Morgan fingerprint density at radius 1 is 1.25 bits per heavy atom. The first-order valence-corrected chi connectivity index (χ1v) is 9.87. The molecule has 28 heavy (non-hydrogen) atoms. The number of hydrogen-bond donors (Lipinski definition) is 1. The van der Waals surface area contributed by atoms with Crippen molar-refractivity contribution in [2.24, 2.45) is 4.99 Å². The monoisotopic (exact) mass is 411 g/mol. The van der Waals surface area contributed by atoms with Crippen molar-refractivity contribution in [2.75, 3.05) is 37.3 Å². The normalized spacial score (nSPS) is 15.2. The highest BCUT2D eigenvalue weighted by Crippen LogP contribution is 2.30. The van der Waals surface area contributed by atoms with Crippen LogP contribution in [0.4, 0.5) is 25.0 Å². The summed E-state index contributed by atoms with van der Waals surface area (Å²) in [6.45, 7) is 6.51. The summed E-state index contributed by atoms with van der Waals surface area (Å²) in [5.41, 5.74) is -0.682. The van der Waals surface area contributed by atoms with Gasteiger partial charge in [0.15, 0.2) is 23.0 Å². The molecule has 1 aliphatic rings. The number of amidine groups is 1. The summed E-state index contributed by atoms with van der Waals surface area (Å²) in [5.74, 6) is -1.50. The van der Waals surface area contributed by atoms with Gasteiger partial charge in [-0.05, 0) is 27.0 Å². The van der Waals surface area contributed by atoms with Crippen LogP contribution in [-0.4, -0.2) is 54.2 Å². The van der Waals surface area contributed by atoms with Crippen molar-refractivity contribution < 1.29 is 18.3 Å². The molecule has 1 aromatic carbocycles. The zero-order valence-corrected chi connectivity index (χ0v) is 17.1. The third kappa shape index (κ3) is 5.73. The molecule has 1 N–H and O–H groups in total. The minimum Gasteiger partial charge on any atom is -0.444 e. The number of ether oxygens (including phenoxy) is 1. The number of carbonyl (C=O) groups excluding carboxylic acids is 1. The molecule has 1 saturated heterocycles. The average Bonchev–Trinajstić information content (AvgIpc) is 2.60. The van der Waals surface area contributed by atoms with E-state index in [2.05, 4.69) is 10.3 Å². The number of anilines is 1. The fourth-order valence-corrected chi connectivity index (χ4v) is 2.99. The SMILES string of the molecule is CSC(=Nc1cc(F)c(N2CCN(C(=O)OC(C)(C)C)CC2)c(F)c1)NC#N. The van der Waals surface area contributed by atoms with Crippen molar-refractivity contribution in [3.63, 3.8) is 0 Å². The number of halogens is 2. The first-order valence-electron chi connectivity index (χ1n) is 8.64. The van der Waals surface area contributed by atoms with E-state index in [9.17, 15) is 13.6 Å². The smallest absolute Gasteiger partial charge is 0.410 e. The second-order valence-electron chi connectivity index (χ2n) is 7.07. The number of hydrogen-bond acceptors (Lipinski definition) is 6. The molecule has 1 amide bonds. The molecule has 1 aromatic rings. The summed E-state index contributed by atoms with van der Waals surface area (Å²) in [6, 6.07) is 2.24. The minimum atomic E-state index is -0.748. The maximum Gasteiger partial charge on any atom is 0.410 e. The van der Waals surface area contributed by atoms with E-state index in [0.29, 0.717) is 13.1 Å².